The summed E-state index contributed by atoms with van der Waals surface area (Å²) in [6, 6.07) is 11.6. The number of rotatable bonds is 4. The lowest BCUT2D eigenvalue weighted by Crippen LogP contribution is -2.32. The highest BCUT2D eigenvalue weighted by Gasteiger charge is 2.39. The Labute approximate surface area is 211 Å². The van der Waals surface area contributed by atoms with Gasteiger partial charge in [-0.25, -0.2) is 0 Å². The Bertz CT molecular complexity index is 1340. The summed E-state index contributed by atoms with van der Waals surface area (Å²) in [6.45, 7) is 5.82. The van der Waals surface area contributed by atoms with Crippen molar-refractivity contribution in [2.24, 2.45) is 0 Å². The van der Waals surface area contributed by atoms with E-state index in [1.807, 2.05) is 32.9 Å². The van der Waals surface area contributed by atoms with Crippen LogP contribution in [0.3, 0.4) is 0 Å². The summed E-state index contributed by atoms with van der Waals surface area (Å²) in [4.78, 5) is 13.2. The standard InChI is InChI=1S/C26H24ClF3N4O2/c1-13-5-4-6-18(27)20(13)33-24-32-19-11-16(22-17(21(19)34-24)12-25(2,3)36-22)23(35)31-15-9-7-14(8-10-15)26(28,29)30/h4-11,24,32-34H,12H2,1-3H3,(H,31,35). The molecule has 4 N–H and O–H groups in total. The van der Waals surface area contributed by atoms with Crippen molar-refractivity contribution in [3.63, 3.8) is 0 Å². The maximum absolute atomic E-state index is 13.2. The van der Waals surface area contributed by atoms with Crippen molar-refractivity contribution in [2.45, 2.75) is 45.3 Å². The van der Waals surface area contributed by atoms with Gasteiger partial charge in [0.1, 0.15) is 11.4 Å². The second-order valence-electron chi connectivity index (χ2n) is 9.52. The first-order valence-corrected chi connectivity index (χ1v) is 11.7. The van der Waals surface area contributed by atoms with Gasteiger partial charge in [-0.15, -0.1) is 0 Å². The van der Waals surface area contributed by atoms with Gasteiger partial charge in [0.2, 0.25) is 0 Å². The average Bonchev–Trinajstić information content (AvgIpc) is 3.34. The van der Waals surface area contributed by atoms with Gasteiger partial charge in [-0.2, -0.15) is 13.2 Å². The van der Waals surface area contributed by atoms with E-state index in [4.69, 9.17) is 16.3 Å². The first kappa shape index (κ1) is 24.1. The first-order valence-electron chi connectivity index (χ1n) is 11.3. The zero-order chi connectivity index (χ0) is 25.8. The molecule has 2 heterocycles. The van der Waals surface area contributed by atoms with Gasteiger partial charge in [0.15, 0.2) is 6.29 Å². The molecule has 2 aliphatic heterocycles. The topological polar surface area (TPSA) is 74.4 Å². The fourth-order valence-electron chi connectivity index (χ4n) is 4.50. The summed E-state index contributed by atoms with van der Waals surface area (Å²) in [5, 5.41) is 13.4. The molecule has 0 bridgehead atoms. The number of hydrogen-bond donors (Lipinski definition) is 4. The fourth-order valence-corrected chi connectivity index (χ4v) is 4.78. The molecule has 36 heavy (non-hydrogen) atoms. The van der Waals surface area contributed by atoms with Gasteiger partial charge in [0.25, 0.3) is 5.91 Å². The van der Waals surface area contributed by atoms with Crippen LogP contribution in [0, 0.1) is 6.92 Å². The Morgan fingerprint density at radius 3 is 2.53 bits per heavy atom. The predicted molar refractivity (Wildman–Crippen MR) is 135 cm³/mol. The van der Waals surface area contributed by atoms with Crippen molar-refractivity contribution >= 4 is 40.3 Å². The second-order valence-corrected chi connectivity index (χ2v) is 9.93. The van der Waals surface area contributed by atoms with Crippen LogP contribution in [-0.4, -0.2) is 17.8 Å². The fraction of sp³-hybridized carbons (Fsp3) is 0.269. The maximum Gasteiger partial charge on any atom is 0.416 e. The zero-order valence-corrected chi connectivity index (χ0v) is 20.5. The van der Waals surface area contributed by atoms with Gasteiger partial charge in [-0.3, -0.25) is 4.79 Å². The monoisotopic (exact) mass is 516 g/mol. The van der Waals surface area contributed by atoms with E-state index < -0.39 is 23.2 Å². The van der Waals surface area contributed by atoms with Gasteiger partial charge in [-0.1, -0.05) is 23.7 Å². The highest BCUT2D eigenvalue weighted by molar-refractivity contribution is 6.33. The number of fused-ring (bicyclic) bond motifs is 3. The van der Waals surface area contributed by atoms with E-state index in [2.05, 4.69) is 21.3 Å². The number of nitrogens with one attached hydrogen (secondary N) is 4. The molecule has 0 saturated carbocycles. The van der Waals surface area contributed by atoms with Gasteiger partial charge < -0.3 is 26.0 Å². The van der Waals surface area contributed by atoms with Gasteiger partial charge in [0, 0.05) is 17.7 Å². The highest BCUT2D eigenvalue weighted by atomic mass is 35.5. The lowest BCUT2D eigenvalue weighted by atomic mass is 9.97. The average molecular weight is 517 g/mol. The van der Waals surface area contributed by atoms with Crippen LogP contribution in [0.5, 0.6) is 5.75 Å². The Morgan fingerprint density at radius 1 is 1.14 bits per heavy atom. The number of benzene rings is 3. The molecular formula is C26H24ClF3N4O2. The van der Waals surface area contributed by atoms with Crippen LogP contribution in [0.2, 0.25) is 5.02 Å². The van der Waals surface area contributed by atoms with Crippen molar-refractivity contribution in [1.29, 1.82) is 0 Å². The van der Waals surface area contributed by atoms with Crippen LogP contribution in [0.4, 0.5) is 35.9 Å². The largest absolute Gasteiger partial charge is 0.486 e. The summed E-state index contributed by atoms with van der Waals surface area (Å²) in [6.07, 6.45) is -4.27. The second kappa shape index (κ2) is 8.51. The van der Waals surface area contributed by atoms with Crippen LogP contribution < -0.4 is 26.0 Å². The van der Waals surface area contributed by atoms with E-state index in [0.717, 1.165) is 34.6 Å². The van der Waals surface area contributed by atoms with Crippen LogP contribution >= 0.6 is 11.6 Å². The lowest BCUT2D eigenvalue weighted by Gasteiger charge is -2.19. The Balaban J connectivity index is 1.43. The molecule has 2 aliphatic rings. The molecular weight excluding hydrogens is 493 g/mol. The van der Waals surface area contributed by atoms with E-state index in [1.54, 1.807) is 12.1 Å². The Kier molecular flexibility index (Phi) is 5.70. The minimum absolute atomic E-state index is 0.249. The van der Waals surface area contributed by atoms with Crippen molar-refractivity contribution in [3.05, 3.63) is 75.8 Å². The van der Waals surface area contributed by atoms with Gasteiger partial charge >= 0.3 is 6.18 Å². The molecule has 3 aromatic carbocycles. The van der Waals surface area contributed by atoms with Crippen molar-refractivity contribution in [3.8, 4) is 5.75 Å². The smallest absolute Gasteiger partial charge is 0.416 e. The molecule has 0 spiro atoms. The third kappa shape index (κ3) is 4.51. The van der Waals surface area contributed by atoms with E-state index in [-0.39, 0.29) is 17.5 Å². The maximum atomic E-state index is 13.2. The summed E-state index contributed by atoms with van der Waals surface area (Å²) in [5.74, 6) is -0.0290. The number of para-hydroxylation sites is 1. The van der Waals surface area contributed by atoms with E-state index >= 15 is 0 Å². The molecule has 3 aromatic rings. The SMILES string of the molecule is Cc1cccc(Cl)c1NC1Nc2cc(C(=O)Nc3ccc(C(F)(F)F)cc3)c3c(c2N1)CC(C)(C)O3. The number of aryl methyl sites for hydroxylation is 1. The Hall–Kier alpha value is -3.59. The minimum Gasteiger partial charge on any atom is -0.486 e. The molecule has 0 aromatic heterocycles. The molecule has 0 saturated heterocycles. The van der Waals surface area contributed by atoms with Crippen molar-refractivity contribution in [1.82, 2.24) is 0 Å². The Morgan fingerprint density at radius 2 is 1.86 bits per heavy atom. The predicted octanol–water partition coefficient (Wildman–Crippen LogP) is 6.87. The molecule has 1 unspecified atom stereocenters. The number of hydrogen-bond acceptors (Lipinski definition) is 5. The summed E-state index contributed by atoms with van der Waals surface area (Å²) < 4.78 is 44.8. The quantitative estimate of drug-likeness (QED) is 0.304. The van der Waals surface area contributed by atoms with E-state index in [0.29, 0.717) is 22.9 Å². The normalized spacial score (nSPS) is 17.4. The van der Waals surface area contributed by atoms with Crippen LogP contribution in [0.15, 0.2) is 48.5 Å². The van der Waals surface area contributed by atoms with Crippen molar-refractivity contribution in [2.75, 3.05) is 21.3 Å². The molecule has 0 aliphatic carbocycles. The summed E-state index contributed by atoms with van der Waals surface area (Å²) in [7, 11) is 0. The number of ether oxygens (including phenoxy) is 1. The number of amides is 1. The van der Waals surface area contributed by atoms with Crippen molar-refractivity contribution < 1.29 is 22.7 Å². The van der Waals surface area contributed by atoms with Crippen LogP contribution in [-0.2, 0) is 12.6 Å². The number of halogens is 4. The van der Waals surface area contributed by atoms with Gasteiger partial charge in [-0.05, 0) is 62.7 Å². The zero-order valence-electron chi connectivity index (χ0n) is 19.7. The number of carbonyl (C=O) groups is 1. The lowest BCUT2D eigenvalue weighted by molar-refractivity contribution is -0.137. The molecule has 0 radical (unpaired) electrons. The van der Waals surface area contributed by atoms with E-state index in [9.17, 15) is 18.0 Å². The minimum atomic E-state index is -4.45. The third-order valence-corrected chi connectivity index (χ3v) is 6.49. The summed E-state index contributed by atoms with van der Waals surface area (Å²) in [5.41, 5.74) is 3.36. The highest BCUT2D eigenvalue weighted by Crippen LogP contribution is 2.48. The summed E-state index contributed by atoms with van der Waals surface area (Å²) >= 11 is 6.38. The first-order chi connectivity index (χ1) is 16.9. The molecule has 1 atom stereocenters. The number of alkyl halides is 3. The molecule has 0 fully saturated rings. The molecule has 1 amide bonds. The number of anilines is 4. The number of carbonyl (C=O) groups excluding carboxylic acids is 1. The van der Waals surface area contributed by atoms with Gasteiger partial charge in [0.05, 0.1) is 33.2 Å². The van der Waals surface area contributed by atoms with Crippen LogP contribution in [0.1, 0.15) is 40.9 Å². The van der Waals surface area contributed by atoms with E-state index in [1.165, 1.54) is 12.1 Å². The molecule has 6 nitrogen and oxygen atoms in total. The molecule has 5 rings (SSSR count). The third-order valence-electron chi connectivity index (χ3n) is 6.17. The molecule has 188 valence electrons. The molecule has 10 heteroatoms. The van der Waals surface area contributed by atoms with Crippen LogP contribution in [0.25, 0.3) is 0 Å².